The number of rotatable bonds is 8. The second-order valence-electron chi connectivity index (χ2n) is 8.56. The maximum atomic E-state index is 13.1. The molecule has 1 heterocycles. The van der Waals surface area contributed by atoms with Gasteiger partial charge in [-0.15, -0.1) is 0 Å². The number of amides is 1. The normalized spacial score (nSPS) is 14.8. The van der Waals surface area contributed by atoms with E-state index < -0.39 is 21.7 Å². The van der Waals surface area contributed by atoms with E-state index in [1.54, 1.807) is 0 Å². The minimum absolute atomic E-state index is 0.0672. The maximum absolute atomic E-state index is 13.1. The van der Waals surface area contributed by atoms with Gasteiger partial charge in [-0.25, -0.2) is 12.8 Å². The van der Waals surface area contributed by atoms with Crippen LogP contribution in [0, 0.1) is 5.82 Å². The Kier molecular flexibility index (Phi) is 7.80. The first-order chi connectivity index (χ1) is 16.8. The largest absolute Gasteiger partial charge is 0.369 e. The highest BCUT2D eigenvalue weighted by Gasteiger charge is 2.23. The summed E-state index contributed by atoms with van der Waals surface area (Å²) in [5.41, 5.74) is 2.99. The Balaban J connectivity index is 1.27. The quantitative estimate of drug-likeness (QED) is 0.518. The first-order valence-corrected chi connectivity index (χ1v) is 12.9. The monoisotopic (exact) mass is 496 g/mol. The van der Waals surface area contributed by atoms with Gasteiger partial charge in [-0.1, -0.05) is 30.3 Å². The predicted octanol–water partition coefficient (Wildman–Crippen LogP) is 3.41. The van der Waals surface area contributed by atoms with Crippen LogP contribution < -0.4 is 10.2 Å². The smallest absolute Gasteiger partial charge is 0.243 e. The molecule has 184 valence electrons. The van der Waals surface area contributed by atoms with Crippen LogP contribution in [0.2, 0.25) is 0 Å². The highest BCUT2D eigenvalue weighted by Crippen LogP contribution is 2.21. The van der Waals surface area contributed by atoms with Crippen molar-refractivity contribution in [3.8, 4) is 0 Å². The van der Waals surface area contributed by atoms with Gasteiger partial charge in [0, 0.05) is 51.1 Å². The molecule has 1 amide bonds. The molecule has 4 rings (SSSR count). The molecule has 1 saturated heterocycles. The number of anilines is 2. The molecular weight excluding hydrogens is 467 g/mol. The molecule has 0 saturated carbocycles. The molecule has 0 unspecified atom stereocenters. The lowest BCUT2D eigenvalue weighted by Crippen LogP contribution is -2.45. The summed E-state index contributed by atoms with van der Waals surface area (Å²) in [6, 6.07) is 22.5. The van der Waals surface area contributed by atoms with Crippen molar-refractivity contribution in [1.82, 2.24) is 9.21 Å². The minimum Gasteiger partial charge on any atom is -0.369 e. The van der Waals surface area contributed by atoms with E-state index in [2.05, 4.69) is 39.4 Å². The Labute approximate surface area is 205 Å². The highest BCUT2D eigenvalue weighted by atomic mass is 32.2. The number of sulfonamides is 1. The number of nitrogens with one attached hydrogen (secondary N) is 1. The number of benzene rings is 3. The maximum Gasteiger partial charge on any atom is 0.243 e. The number of halogens is 1. The lowest BCUT2D eigenvalue weighted by molar-refractivity contribution is -0.116. The van der Waals surface area contributed by atoms with Crippen LogP contribution in [0.25, 0.3) is 0 Å². The molecule has 3 aromatic rings. The lowest BCUT2D eigenvalue weighted by Gasteiger charge is -2.36. The van der Waals surface area contributed by atoms with Gasteiger partial charge in [0.15, 0.2) is 0 Å². The Hall–Kier alpha value is -3.27. The highest BCUT2D eigenvalue weighted by molar-refractivity contribution is 7.89. The van der Waals surface area contributed by atoms with Crippen molar-refractivity contribution in [1.29, 1.82) is 0 Å². The lowest BCUT2D eigenvalue weighted by atomic mass is 10.2. The fourth-order valence-corrected chi connectivity index (χ4v) is 5.16. The van der Waals surface area contributed by atoms with E-state index >= 15 is 0 Å². The summed E-state index contributed by atoms with van der Waals surface area (Å²) in [6.07, 6.45) is 0. The van der Waals surface area contributed by atoms with E-state index in [-0.39, 0.29) is 11.4 Å². The van der Waals surface area contributed by atoms with E-state index in [0.29, 0.717) is 5.69 Å². The molecule has 7 nitrogen and oxygen atoms in total. The van der Waals surface area contributed by atoms with Gasteiger partial charge >= 0.3 is 0 Å². The molecule has 0 spiro atoms. The average Bonchev–Trinajstić information content (AvgIpc) is 2.86. The van der Waals surface area contributed by atoms with Crippen LogP contribution in [-0.4, -0.2) is 63.3 Å². The summed E-state index contributed by atoms with van der Waals surface area (Å²) in [4.78, 5) is 17.1. The van der Waals surface area contributed by atoms with Gasteiger partial charge in [0.05, 0.1) is 11.4 Å². The molecule has 1 fully saturated rings. The van der Waals surface area contributed by atoms with Crippen molar-refractivity contribution in [3.05, 3.63) is 90.2 Å². The van der Waals surface area contributed by atoms with E-state index in [1.807, 2.05) is 30.3 Å². The van der Waals surface area contributed by atoms with Crippen LogP contribution in [0.5, 0.6) is 0 Å². The standard InChI is InChI=1S/C26H29FN4O3S/c1-29(35(33,34)25-13-7-22(27)8-14-25)20-26(32)28-23-9-11-24(12-10-23)31-17-15-30(16-18-31)19-21-5-3-2-4-6-21/h2-14H,15-20H2,1H3,(H,28,32). The van der Waals surface area contributed by atoms with Crippen molar-refractivity contribution in [3.63, 3.8) is 0 Å². The molecule has 0 atom stereocenters. The van der Waals surface area contributed by atoms with E-state index in [0.717, 1.165) is 54.8 Å². The van der Waals surface area contributed by atoms with Crippen LogP contribution >= 0.6 is 0 Å². The zero-order chi connectivity index (χ0) is 24.8. The second kappa shape index (κ2) is 11.0. The van der Waals surface area contributed by atoms with Gasteiger partial charge in [-0.3, -0.25) is 9.69 Å². The molecule has 0 radical (unpaired) electrons. The second-order valence-corrected chi connectivity index (χ2v) is 10.6. The number of carbonyl (C=O) groups is 1. The third kappa shape index (κ3) is 6.45. The molecule has 9 heteroatoms. The van der Waals surface area contributed by atoms with Crippen LogP contribution in [0.1, 0.15) is 5.56 Å². The number of nitrogens with zero attached hydrogens (tertiary/aromatic N) is 3. The van der Waals surface area contributed by atoms with Crippen molar-refractivity contribution >= 4 is 27.3 Å². The van der Waals surface area contributed by atoms with Crippen LogP contribution in [0.4, 0.5) is 15.8 Å². The number of piperazine rings is 1. The third-order valence-corrected chi connectivity index (χ3v) is 7.84. The fourth-order valence-electron chi connectivity index (χ4n) is 4.04. The zero-order valence-electron chi connectivity index (χ0n) is 19.6. The van der Waals surface area contributed by atoms with E-state index in [1.165, 1.54) is 24.7 Å². The molecule has 1 aliphatic heterocycles. The van der Waals surface area contributed by atoms with Crippen molar-refractivity contribution in [2.24, 2.45) is 0 Å². The van der Waals surface area contributed by atoms with Crippen LogP contribution in [-0.2, 0) is 21.4 Å². The van der Waals surface area contributed by atoms with Crippen molar-refractivity contribution in [2.75, 3.05) is 50.0 Å². The number of hydrogen-bond donors (Lipinski definition) is 1. The molecule has 0 aliphatic carbocycles. The summed E-state index contributed by atoms with van der Waals surface area (Å²) in [7, 11) is -2.58. The predicted molar refractivity (Wildman–Crippen MR) is 135 cm³/mol. The minimum atomic E-state index is -3.89. The number of likely N-dealkylation sites (N-methyl/N-ethyl adjacent to an activating group) is 1. The molecule has 1 N–H and O–H groups in total. The molecule has 1 aliphatic rings. The van der Waals surface area contributed by atoms with Gasteiger partial charge in [-0.05, 0) is 54.1 Å². The van der Waals surface area contributed by atoms with Gasteiger partial charge in [0.25, 0.3) is 0 Å². The summed E-state index contributed by atoms with van der Waals surface area (Å²) in [5.74, 6) is -0.984. The molecule has 0 aromatic heterocycles. The first kappa shape index (κ1) is 24.8. The summed E-state index contributed by atoms with van der Waals surface area (Å²) in [5, 5.41) is 2.74. The third-order valence-electron chi connectivity index (χ3n) is 6.03. The van der Waals surface area contributed by atoms with Crippen molar-refractivity contribution < 1.29 is 17.6 Å². The number of carbonyl (C=O) groups excluding carboxylic acids is 1. The number of hydrogen-bond acceptors (Lipinski definition) is 5. The molecule has 3 aromatic carbocycles. The summed E-state index contributed by atoms with van der Waals surface area (Å²) < 4.78 is 39.2. The Morgan fingerprint density at radius 2 is 1.54 bits per heavy atom. The SMILES string of the molecule is CN(CC(=O)Nc1ccc(N2CCN(Cc3ccccc3)CC2)cc1)S(=O)(=O)c1ccc(F)cc1. The summed E-state index contributed by atoms with van der Waals surface area (Å²) >= 11 is 0. The van der Waals surface area contributed by atoms with Gasteiger partial charge in [-0.2, -0.15) is 4.31 Å². The molecular formula is C26H29FN4O3S. The van der Waals surface area contributed by atoms with Crippen LogP contribution in [0.15, 0.2) is 83.8 Å². The fraction of sp³-hybridized carbons (Fsp3) is 0.269. The van der Waals surface area contributed by atoms with Gasteiger partial charge in [0.2, 0.25) is 15.9 Å². The van der Waals surface area contributed by atoms with E-state index in [4.69, 9.17) is 0 Å². The Morgan fingerprint density at radius 1 is 0.914 bits per heavy atom. The molecule has 0 bridgehead atoms. The first-order valence-electron chi connectivity index (χ1n) is 11.4. The van der Waals surface area contributed by atoms with Crippen molar-refractivity contribution in [2.45, 2.75) is 11.4 Å². The van der Waals surface area contributed by atoms with E-state index in [9.17, 15) is 17.6 Å². The van der Waals surface area contributed by atoms with Crippen LogP contribution in [0.3, 0.4) is 0 Å². The Morgan fingerprint density at radius 3 is 2.17 bits per heavy atom. The zero-order valence-corrected chi connectivity index (χ0v) is 20.4. The molecule has 35 heavy (non-hydrogen) atoms. The topological polar surface area (TPSA) is 73.0 Å². The average molecular weight is 497 g/mol. The summed E-state index contributed by atoms with van der Waals surface area (Å²) in [6.45, 7) is 4.38. The van der Waals surface area contributed by atoms with Gasteiger partial charge in [0.1, 0.15) is 5.82 Å². The Bertz CT molecular complexity index is 1230. The van der Waals surface area contributed by atoms with Gasteiger partial charge < -0.3 is 10.2 Å².